The first kappa shape index (κ1) is 18.0. The molecule has 2 aromatic carbocycles. The minimum Gasteiger partial charge on any atom is -0.469 e. The Labute approximate surface area is 145 Å². The van der Waals surface area contributed by atoms with Crippen molar-refractivity contribution in [2.45, 2.75) is 12.8 Å². The number of aliphatic imine (C=N–C) groups is 1. The molecule has 0 amide bonds. The third-order valence-electron chi connectivity index (χ3n) is 3.51. The van der Waals surface area contributed by atoms with Crippen LogP contribution in [0.25, 0.3) is 0 Å². The maximum Gasteiger partial charge on any atom is 0.343 e. The molecular weight excluding hydrogens is 322 g/mol. The Balaban J connectivity index is 2.05. The van der Waals surface area contributed by atoms with E-state index in [2.05, 4.69) is 4.99 Å². The molecule has 0 bridgehead atoms. The Hall–Kier alpha value is -3.35. The molecule has 25 heavy (non-hydrogen) atoms. The Bertz CT molecular complexity index is 779. The molecule has 1 atom stereocenters. The van der Waals surface area contributed by atoms with Crippen LogP contribution in [0, 0.1) is 0 Å². The molecule has 0 aromatic heterocycles. The highest BCUT2D eigenvalue weighted by atomic mass is 16.5. The second-order valence-corrected chi connectivity index (χ2v) is 5.29. The van der Waals surface area contributed by atoms with E-state index in [1.54, 1.807) is 55.5 Å². The molecule has 0 fully saturated rings. The van der Waals surface area contributed by atoms with Crippen molar-refractivity contribution in [3.63, 3.8) is 0 Å². The van der Waals surface area contributed by atoms with Crippen LogP contribution in [-0.4, -0.2) is 25.0 Å². The van der Waals surface area contributed by atoms with Crippen LogP contribution in [0.1, 0.15) is 28.8 Å². The summed E-state index contributed by atoms with van der Waals surface area (Å²) in [7, 11) is 1.34. The molecule has 0 spiro atoms. The van der Waals surface area contributed by atoms with Crippen molar-refractivity contribution in [3.05, 3.63) is 59.7 Å². The minimum absolute atomic E-state index is 0.0587. The first-order valence-corrected chi connectivity index (χ1v) is 7.50. The molecule has 0 saturated carbocycles. The van der Waals surface area contributed by atoms with Crippen LogP contribution in [0.15, 0.2) is 53.5 Å². The summed E-state index contributed by atoms with van der Waals surface area (Å²) in [6.45, 7) is 1.74. The monoisotopic (exact) mass is 341 g/mol. The van der Waals surface area contributed by atoms with Crippen molar-refractivity contribution in [3.8, 4) is 5.75 Å². The molecule has 0 aliphatic heterocycles. The van der Waals surface area contributed by atoms with Crippen LogP contribution < -0.4 is 16.2 Å². The van der Waals surface area contributed by atoms with Crippen molar-refractivity contribution in [2.24, 2.45) is 16.5 Å². The average Bonchev–Trinajstić information content (AvgIpc) is 2.61. The molecule has 0 aliphatic rings. The Kier molecular flexibility index (Phi) is 5.73. The van der Waals surface area contributed by atoms with Crippen LogP contribution in [0.3, 0.4) is 0 Å². The van der Waals surface area contributed by atoms with E-state index in [4.69, 9.17) is 20.9 Å². The standard InChI is InChI=1S/C18H19N3O4/c1-11(16(22)24-2)12-5-9-15(10-6-12)25-17(23)13-3-7-14(8-4-13)21-18(19)20/h3-11H,1-2H3,(H4,19,20,21). The molecular formula is C18H19N3O4. The quantitative estimate of drug-likeness (QED) is 0.372. The molecule has 0 saturated heterocycles. The van der Waals surface area contributed by atoms with Crippen LogP contribution in [-0.2, 0) is 9.53 Å². The number of rotatable bonds is 5. The van der Waals surface area contributed by atoms with E-state index in [0.717, 1.165) is 5.56 Å². The summed E-state index contributed by atoms with van der Waals surface area (Å²) in [6.07, 6.45) is 0. The predicted octanol–water partition coefficient (Wildman–Crippen LogP) is 2.09. The molecule has 0 radical (unpaired) electrons. The summed E-state index contributed by atoms with van der Waals surface area (Å²) in [5, 5.41) is 0. The minimum atomic E-state index is -0.509. The molecule has 4 N–H and O–H groups in total. The zero-order valence-electron chi connectivity index (χ0n) is 13.9. The number of hydrogen-bond donors (Lipinski definition) is 2. The number of carbonyl (C=O) groups is 2. The number of nitrogens with zero attached hydrogens (tertiary/aromatic N) is 1. The summed E-state index contributed by atoms with van der Waals surface area (Å²) in [6, 6.07) is 13.0. The molecule has 2 rings (SSSR count). The maximum absolute atomic E-state index is 12.1. The van der Waals surface area contributed by atoms with Gasteiger partial charge >= 0.3 is 11.9 Å². The molecule has 130 valence electrons. The molecule has 7 heteroatoms. The van der Waals surface area contributed by atoms with Gasteiger partial charge in [-0.3, -0.25) is 4.79 Å². The Morgan fingerprint density at radius 3 is 2.12 bits per heavy atom. The highest BCUT2D eigenvalue weighted by molar-refractivity contribution is 5.91. The van der Waals surface area contributed by atoms with E-state index in [9.17, 15) is 9.59 Å². The van der Waals surface area contributed by atoms with Crippen molar-refractivity contribution >= 4 is 23.6 Å². The van der Waals surface area contributed by atoms with Gasteiger partial charge in [-0.2, -0.15) is 0 Å². The lowest BCUT2D eigenvalue weighted by atomic mass is 10.0. The smallest absolute Gasteiger partial charge is 0.343 e. The Morgan fingerprint density at radius 1 is 1.00 bits per heavy atom. The van der Waals surface area contributed by atoms with Gasteiger partial charge in [0.05, 0.1) is 24.3 Å². The molecule has 2 aromatic rings. The highest BCUT2D eigenvalue weighted by Gasteiger charge is 2.16. The van der Waals surface area contributed by atoms with Gasteiger partial charge in [0.25, 0.3) is 0 Å². The van der Waals surface area contributed by atoms with Crippen LogP contribution >= 0.6 is 0 Å². The zero-order valence-corrected chi connectivity index (χ0v) is 13.9. The molecule has 0 heterocycles. The topological polar surface area (TPSA) is 117 Å². The van der Waals surface area contributed by atoms with E-state index < -0.39 is 11.9 Å². The molecule has 0 aliphatic carbocycles. The SMILES string of the molecule is COC(=O)C(C)c1ccc(OC(=O)c2ccc(N=C(N)N)cc2)cc1. The summed E-state index contributed by atoms with van der Waals surface area (Å²) < 4.78 is 10.0. The van der Waals surface area contributed by atoms with E-state index in [1.807, 2.05) is 0 Å². The number of benzene rings is 2. The molecule has 7 nitrogen and oxygen atoms in total. The number of hydrogen-bond acceptors (Lipinski definition) is 5. The average molecular weight is 341 g/mol. The largest absolute Gasteiger partial charge is 0.469 e. The number of carbonyl (C=O) groups excluding carboxylic acids is 2. The predicted molar refractivity (Wildman–Crippen MR) is 93.7 cm³/mol. The van der Waals surface area contributed by atoms with Gasteiger partial charge in [-0.15, -0.1) is 0 Å². The van der Waals surface area contributed by atoms with E-state index in [0.29, 0.717) is 17.0 Å². The normalized spacial score (nSPS) is 11.3. The van der Waals surface area contributed by atoms with Gasteiger partial charge in [0, 0.05) is 0 Å². The number of methoxy groups -OCH3 is 1. The first-order valence-electron chi connectivity index (χ1n) is 7.50. The second-order valence-electron chi connectivity index (χ2n) is 5.29. The van der Waals surface area contributed by atoms with E-state index in [1.165, 1.54) is 7.11 Å². The van der Waals surface area contributed by atoms with Crippen molar-refractivity contribution < 1.29 is 19.1 Å². The third kappa shape index (κ3) is 4.81. The fourth-order valence-corrected chi connectivity index (χ4v) is 2.12. The third-order valence-corrected chi connectivity index (χ3v) is 3.51. The van der Waals surface area contributed by atoms with Gasteiger partial charge in [-0.25, -0.2) is 9.79 Å². The van der Waals surface area contributed by atoms with Gasteiger partial charge in [-0.05, 0) is 48.9 Å². The fraction of sp³-hybridized carbons (Fsp3) is 0.167. The molecule has 1 unspecified atom stereocenters. The number of nitrogens with two attached hydrogens (primary N) is 2. The first-order chi connectivity index (χ1) is 11.9. The number of guanidine groups is 1. The van der Waals surface area contributed by atoms with E-state index in [-0.39, 0.29) is 11.9 Å². The van der Waals surface area contributed by atoms with Crippen LogP contribution in [0.5, 0.6) is 5.75 Å². The van der Waals surface area contributed by atoms with Crippen molar-refractivity contribution in [2.75, 3.05) is 7.11 Å². The number of ether oxygens (including phenoxy) is 2. The van der Waals surface area contributed by atoms with Gasteiger partial charge in [-0.1, -0.05) is 12.1 Å². The lowest BCUT2D eigenvalue weighted by molar-refractivity contribution is -0.142. The van der Waals surface area contributed by atoms with Crippen molar-refractivity contribution in [1.29, 1.82) is 0 Å². The number of esters is 2. The van der Waals surface area contributed by atoms with Gasteiger partial charge in [0.1, 0.15) is 5.75 Å². The summed E-state index contributed by atoms with van der Waals surface area (Å²) in [4.78, 5) is 27.5. The maximum atomic E-state index is 12.1. The van der Waals surface area contributed by atoms with Crippen LogP contribution in [0.4, 0.5) is 5.69 Å². The highest BCUT2D eigenvalue weighted by Crippen LogP contribution is 2.21. The van der Waals surface area contributed by atoms with E-state index >= 15 is 0 Å². The second kappa shape index (κ2) is 7.96. The van der Waals surface area contributed by atoms with Gasteiger partial charge in [0.15, 0.2) is 5.96 Å². The summed E-state index contributed by atoms with van der Waals surface area (Å²) in [5.41, 5.74) is 12.3. The summed E-state index contributed by atoms with van der Waals surface area (Å²) >= 11 is 0. The van der Waals surface area contributed by atoms with Crippen LogP contribution in [0.2, 0.25) is 0 Å². The zero-order chi connectivity index (χ0) is 18.4. The van der Waals surface area contributed by atoms with Gasteiger partial charge in [0.2, 0.25) is 0 Å². The van der Waals surface area contributed by atoms with Gasteiger partial charge < -0.3 is 20.9 Å². The fourth-order valence-electron chi connectivity index (χ4n) is 2.12. The lowest BCUT2D eigenvalue weighted by Gasteiger charge is -2.10. The lowest BCUT2D eigenvalue weighted by Crippen LogP contribution is -2.21. The summed E-state index contributed by atoms with van der Waals surface area (Å²) in [5.74, 6) is -0.913. The van der Waals surface area contributed by atoms with Crippen molar-refractivity contribution in [1.82, 2.24) is 0 Å². The Morgan fingerprint density at radius 2 is 1.60 bits per heavy atom.